The average Bonchev–Trinajstić information content (AvgIpc) is 2.43. The zero-order chi connectivity index (χ0) is 15.6. The first-order chi connectivity index (χ1) is 9.92. The number of carbonyl (C=O) groups is 1. The Labute approximate surface area is 146 Å². The quantitative estimate of drug-likeness (QED) is 0.655. The predicted molar refractivity (Wildman–Crippen MR) is 92.2 cm³/mol. The third-order valence-electron chi connectivity index (χ3n) is 2.69. The van der Waals surface area contributed by atoms with E-state index in [2.05, 4.69) is 53.1 Å². The van der Waals surface area contributed by atoms with E-state index in [4.69, 9.17) is 4.74 Å². The fourth-order valence-corrected chi connectivity index (χ4v) is 4.12. The summed E-state index contributed by atoms with van der Waals surface area (Å²) < 4.78 is 7.34. The van der Waals surface area contributed by atoms with Crippen LogP contribution in [0.1, 0.15) is 10.4 Å². The van der Waals surface area contributed by atoms with Gasteiger partial charge in [-0.3, -0.25) is 4.79 Å². The number of hydrogen-bond acceptors (Lipinski definition) is 3. The minimum absolute atomic E-state index is 0.113. The monoisotopic (exact) mass is 477 g/mol. The van der Waals surface area contributed by atoms with Gasteiger partial charge in [0.25, 0.3) is 5.91 Å². The number of halogens is 3. The highest BCUT2D eigenvalue weighted by atomic mass is 79.9. The summed E-state index contributed by atoms with van der Waals surface area (Å²) in [5.74, 6) is -0.0559. The Kier molecular flexibility index (Phi) is 5.29. The summed E-state index contributed by atoms with van der Waals surface area (Å²) in [4.78, 5) is 12.3. The fourth-order valence-electron chi connectivity index (χ4n) is 1.67. The van der Waals surface area contributed by atoms with E-state index in [0.29, 0.717) is 20.4 Å². The molecular weight excluding hydrogens is 470 g/mol. The average molecular weight is 480 g/mol. The van der Waals surface area contributed by atoms with Gasteiger partial charge in [0.15, 0.2) is 0 Å². The van der Waals surface area contributed by atoms with Gasteiger partial charge in [0.2, 0.25) is 0 Å². The van der Waals surface area contributed by atoms with Gasteiger partial charge in [0.05, 0.1) is 18.4 Å². The molecule has 2 rings (SSSR count). The maximum atomic E-state index is 12.3. The highest BCUT2D eigenvalue weighted by molar-refractivity contribution is 9.11. The van der Waals surface area contributed by atoms with E-state index in [9.17, 15) is 9.90 Å². The first-order valence-electron chi connectivity index (χ1n) is 5.75. The van der Waals surface area contributed by atoms with Crippen LogP contribution in [0, 0.1) is 0 Å². The minimum Gasteiger partial charge on any atom is -0.507 e. The second-order valence-electron chi connectivity index (χ2n) is 4.08. The lowest BCUT2D eigenvalue weighted by molar-refractivity contribution is 0.102. The number of aromatic hydroxyl groups is 1. The number of amides is 1. The number of hydrogen-bond donors (Lipinski definition) is 2. The van der Waals surface area contributed by atoms with Crippen LogP contribution in [-0.4, -0.2) is 18.1 Å². The largest absolute Gasteiger partial charge is 0.507 e. The number of phenols is 1. The Bertz CT molecular complexity index is 681. The molecule has 0 atom stereocenters. The highest BCUT2D eigenvalue weighted by Crippen LogP contribution is 2.35. The Balaban J connectivity index is 2.35. The van der Waals surface area contributed by atoms with Crippen molar-refractivity contribution in [3.05, 3.63) is 49.3 Å². The number of ether oxygens (including phenoxy) is 1. The van der Waals surface area contributed by atoms with Gasteiger partial charge in [-0.05, 0) is 62.2 Å². The molecule has 0 saturated heterocycles. The Morgan fingerprint density at radius 3 is 2.33 bits per heavy atom. The number of anilines is 1. The lowest BCUT2D eigenvalue weighted by Crippen LogP contribution is -2.13. The molecule has 0 unspecified atom stereocenters. The Hall–Kier alpha value is -1.05. The third-order valence-corrected chi connectivity index (χ3v) is 4.40. The molecule has 0 bridgehead atoms. The van der Waals surface area contributed by atoms with Gasteiger partial charge in [-0.1, -0.05) is 15.9 Å². The van der Waals surface area contributed by atoms with Gasteiger partial charge in [0, 0.05) is 13.4 Å². The van der Waals surface area contributed by atoms with Crippen molar-refractivity contribution < 1.29 is 14.6 Å². The molecule has 0 heterocycles. The SMILES string of the molecule is COc1ccc(O)c(C(=O)Nc2c(Br)cc(Br)cc2Br)c1. The van der Waals surface area contributed by atoms with Gasteiger partial charge in [0.1, 0.15) is 11.5 Å². The van der Waals surface area contributed by atoms with Gasteiger partial charge >= 0.3 is 0 Å². The van der Waals surface area contributed by atoms with Crippen LogP contribution >= 0.6 is 47.8 Å². The van der Waals surface area contributed by atoms with Crippen molar-refractivity contribution in [1.29, 1.82) is 0 Å². The maximum Gasteiger partial charge on any atom is 0.259 e. The minimum atomic E-state index is -0.435. The first-order valence-corrected chi connectivity index (χ1v) is 8.13. The number of carbonyl (C=O) groups excluding carboxylic acids is 1. The van der Waals surface area contributed by atoms with Crippen LogP contribution in [0.3, 0.4) is 0 Å². The Morgan fingerprint density at radius 2 is 1.76 bits per heavy atom. The summed E-state index contributed by atoms with van der Waals surface area (Å²) in [7, 11) is 1.50. The maximum absolute atomic E-state index is 12.3. The van der Waals surface area contributed by atoms with E-state index in [1.54, 1.807) is 6.07 Å². The van der Waals surface area contributed by atoms with E-state index in [1.165, 1.54) is 19.2 Å². The van der Waals surface area contributed by atoms with E-state index in [0.717, 1.165) is 4.47 Å². The molecule has 1 amide bonds. The second-order valence-corrected chi connectivity index (χ2v) is 6.71. The molecule has 110 valence electrons. The zero-order valence-electron chi connectivity index (χ0n) is 10.8. The van der Waals surface area contributed by atoms with E-state index < -0.39 is 5.91 Å². The zero-order valence-corrected chi connectivity index (χ0v) is 15.5. The van der Waals surface area contributed by atoms with Gasteiger partial charge in [-0.15, -0.1) is 0 Å². The van der Waals surface area contributed by atoms with Crippen molar-refractivity contribution in [2.75, 3.05) is 12.4 Å². The van der Waals surface area contributed by atoms with Gasteiger partial charge in [-0.25, -0.2) is 0 Å². The molecule has 2 aromatic rings. The summed E-state index contributed by atoms with van der Waals surface area (Å²) in [5, 5.41) is 12.6. The van der Waals surface area contributed by atoms with Crippen molar-refractivity contribution >= 4 is 59.4 Å². The molecule has 0 saturated carbocycles. The van der Waals surface area contributed by atoms with Gasteiger partial charge < -0.3 is 15.2 Å². The summed E-state index contributed by atoms with van der Waals surface area (Å²) in [6, 6.07) is 8.10. The lowest BCUT2D eigenvalue weighted by atomic mass is 10.1. The first kappa shape index (κ1) is 16.3. The summed E-state index contributed by atoms with van der Waals surface area (Å²) in [6.45, 7) is 0. The summed E-state index contributed by atoms with van der Waals surface area (Å²) in [5.41, 5.74) is 0.710. The molecule has 0 radical (unpaired) electrons. The topological polar surface area (TPSA) is 58.6 Å². The fraction of sp³-hybridized carbons (Fsp3) is 0.0714. The van der Waals surface area contributed by atoms with Crippen molar-refractivity contribution in [3.8, 4) is 11.5 Å². The highest BCUT2D eigenvalue weighted by Gasteiger charge is 2.16. The smallest absolute Gasteiger partial charge is 0.259 e. The second kappa shape index (κ2) is 6.81. The number of nitrogens with one attached hydrogen (secondary N) is 1. The lowest BCUT2D eigenvalue weighted by Gasteiger charge is -2.12. The van der Waals surface area contributed by atoms with Crippen molar-refractivity contribution in [2.45, 2.75) is 0 Å². The molecule has 2 N–H and O–H groups in total. The molecule has 2 aromatic carbocycles. The molecule has 7 heteroatoms. The molecule has 0 spiro atoms. The molecule has 0 aliphatic rings. The number of methoxy groups -OCH3 is 1. The molecule has 0 aliphatic heterocycles. The van der Waals surface area contributed by atoms with Gasteiger partial charge in [-0.2, -0.15) is 0 Å². The van der Waals surface area contributed by atoms with Crippen LogP contribution in [-0.2, 0) is 0 Å². The molecular formula is C14H10Br3NO3. The normalized spacial score (nSPS) is 10.3. The third kappa shape index (κ3) is 3.78. The van der Waals surface area contributed by atoms with E-state index in [-0.39, 0.29) is 11.3 Å². The summed E-state index contributed by atoms with van der Waals surface area (Å²) >= 11 is 10.1. The van der Waals surface area contributed by atoms with E-state index in [1.807, 2.05) is 12.1 Å². The number of phenolic OH excluding ortho intramolecular Hbond substituents is 1. The van der Waals surface area contributed by atoms with Crippen LogP contribution < -0.4 is 10.1 Å². The van der Waals surface area contributed by atoms with Crippen LogP contribution in [0.4, 0.5) is 5.69 Å². The number of benzene rings is 2. The molecule has 21 heavy (non-hydrogen) atoms. The van der Waals surface area contributed by atoms with Crippen LogP contribution in [0.2, 0.25) is 0 Å². The van der Waals surface area contributed by atoms with Crippen molar-refractivity contribution in [3.63, 3.8) is 0 Å². The molecule has 0 aromatic heterocycles. The molecule has 0 fully saturated rings. The summed E-state index contributed by atoms with van der Waals surface area (Å²) in [6.07, 6.45) is 0. The van der Waals surface area contributed by atoms with Crippen molar-refractivity contribution in [1.82, 2.24) is 0 Å². The Morgan fingerprint density at radius 1 is 1.14 bits per heavy atom. The molecule has 4 nitrogen and oxygen atoms in total. The van der Waals surface area contributed by atoms with Crippen LogP contribution in [0.15, 0.2) is 43.7 Å². The predicted octanol–water partition coefficient (Wildman–Crippen LogP) is 4.94. The van der Waals surface area contributed by atoms with Crippen LogP contribution in [0.5, 0.6) is 11.5 Å². The molecule has 0 aliphatic carbocycles. The van der Waals surface area contributed by atoms with Crippen molar-refractivity contribution in [2.24, 2.45) is 0 Å². The van der Waals surface area contributed by atoms with Crippen LogP contribution in [0.25, 0.3) is 0 Å². The number of rotatable bonds is 3. The standard InChI is InChI=1S/C14H10Br3NO3/c1-21-8-2-3-12(19)9(6-8)14(20)18-13-10(16)4-7(15)5-11(13)17/h2-6,19H,1H3,(H,18,20). The van der Waals surface area contributed by atoms with E-state index >= 15 is 0 Å².